The number of Topliss-reactive ketones (excluding diaryl/α,β-unsaturated/α-hetero) is 1. The number of nitrogens with zero attached hydrogens (tertiary/aromatic N) is 2. The van der Waals surface area contributed by atoms with E-state index >= 15 is 0 Å². The van der Waals surface area contributed by atoms with Crippen LogP contribution in [-0.2, 0) is 9.59 Å². The average molecular weight is 481 g/mol. The number of hydrogen-bond donors (Lipinski definition) is 0. The van der Waals surface area contributed by atoms with E-state index in [-0.39, 0.29) is 47.0 Å². The van der Waals surface area contributed by atoms with Gasteiger partial charge in [-0.15, -0.1) is 11.3 Å². The van der Waals surface area contributed by atoms with Gasteiger partial charge in [0.1, 0.15) is 0 Å². The van der Waals surface area contributed by atoms with Crippen molar-refractivity contribution in [1.82, 2.24) is 4.98 Å². The summed E-state index contributed by atoms with van der Waals surface area (Å²) in [6, 6.07) is 12.3. The van der Waals surface area contributed by atoms with E-state index in [1.165, 1.54) is 28.0 Å². The second kappa shape index (κ2) is 7.54. The van der Waals surface area contributed by atoms with Crippen molar-refractivity contribution in [1.29, 1.82) is 0 Å². The average Bonchev–Trinajstić information content (AvgIpc) is 3.55. The van der Waals surface area contributed by atoms with Crippen LogP contribution in [0.2, 0.25) is 5.02 Å². The summed E-state index contributed by atoms with van der Waals surface area (Å²) in [6.45, 7) is 0. The Labute approximate surface area is 197 Å². The Morgan fingerprint density at radius 1 is 1.06 bits per heavy atom. The lowest BCUT2D eigenvalue weighted by Crippen LogP contribution is -2.32. The van der Waals surface area contributed by atoms with Crippen molar-refractivity contribution in [3.8, 4) is 0 Å². The highest BCUT2D eigenvalue weighted by atomic mass is 35.5. The van der Waals surface area contributed by atoms with Crippen molar-refractivity contribution in [3.63, 3.8) is 0 Å². The van der Waals surface area contributed by atoms with Crippen LogP contribution in [0.5, 0.6) is 0 Å². The predicted molar refractivity (Wildman–Crippen MR) is 126 cm³/mol. The summed E-state index contributed by atoms with van der Waals surface area (Å²) in [5.41, 5.74) is 2.02. The number of halogens is 1. The van der Waals surface area contributed by atoms with Crippen LogP contribution in [0.3, 0.4) is 0 Å². The van der Waals surface area contributed by atoms with Crippen molar-refractivity contribution in [2.45, 2.75) is 10.8 Å². The van der Waals surface area contributed by atoms with Crippen LogP contribution in [0.15, 0.2) is 59.0 Å². The van der Waals surface area contributed by atoms with Gasteiger partial charge in [-0.3, -0.25) is 14.4 Å². The molecule has 0 N–H and O–H groups in total. The third kappa shape index (κ3) is 3.14. The molecular weight excluding hydrogens is 464 g/mol. The maximum absolute atomic E-state index is 13.1. The number of fused-ring (bicyclic) bond motifs is 6. The highest BCUT2D eigenvalue weighted by Crippen LogP contribution is 2.53. The molecule has 2 bridgehead atoms. The van der Waals surface area contributed by atoms with Crippen molar-refractivity contribution in [2.24, 2.45) is 23.7 Å². The fourth-order valence-corrected chi connectivity index (χ4v) is 7.22. The molecule has 2 aliphatic carbocycles. The van der Waals surface area contributed by atoms with Crippen LogP contribution in [0.4, 0.5) is 5.69 Å². The van der Waals surface area contributed by atoms with Gasteiger partial charge in [0, 0.05) is 10.6 Å². The standard InChI is InChI=1S/C24H17ClN2O3S2/c25-15-5-3-12(4-6-15)18(28)11-31-24-26-17-8-7-16(10-19(17)32-24)27-22(29)20-13-1-2-14(9-13)21(20)23(27)30/h1-8,10,13-14,20-21H,9,11H2/t13-,14-,20-,21+/m0/s1. The minimum absolute atomic E-state index is 0.00894. The van der Waals surface area contributed by atoms with Crippen molar-refractivity contribution < 1.29 is 14.4 Å². The molecule has 8 heteroatoms. The van der Waals surface area contributed by atoms with Gasteiger partial charge in [0.05, 0.1) is 33.5 Å². The molecule has 3 aromatic rings. The van der Waals surface area contributed by atoms with Crippen LogP contribution in [-0.4, -0.2) is 28.3 Å². The van der Waals surface area contributed by atoms with Gasteiger partial charge in [0.25, 0.3) is 0 Å². The quantitative estimate of drug-likeness (QED) is 0.216. The number of rotatable bonds is 5. The van der Waals surface area contributed by atoms with E-state index in [0.717, 1.165) is 21.0 Å². The Balaban J connectivity index is 1.21. The molecule has 2 heterocycles. The van der Waals surface area contributed by atoms with E-state index in [2.05, 4.69) is 17.1 Å². The molecule has 32 heavy (non-hydrogen) atoms. The van der Waals surface area contributed by atoms with Gasteiger partial charge in [-0.1, -0.05) is 35.5 Å². The monoisotopic (exact) mass is 480 g/mol. The number of benzene rings is 2. The molecule has 6 rings (SSSR count). The maximum Gasteiger partial charge on any atom is 0.238 e. The molecule has 3 aliphatic rings. The van der Waals surface area contributed by atoms with Gasteiger partial charge in [0.15, 0.2) is 10.1 Å². The molecule has 160 valence electrons. The first-order chi connectivity index (χ1) is 15.5. The summed E-state index contributed by atoms with van der Waals surface area (Å²) < 4.78 is 1.67. The fourth-order valence-electron chi connectivity index (χ4n) is 5.10. The number of carbonyl (C=O) groups excluding carboxylic acids is 3. The first-order valence-corrected chi connectivity index (χ1v) is 12.6. The first kappa shape index (κ1) is 20.1. The summed E-state index contributed by atoms with van der Waals surface area (Å²) in [5, 5.41) is 0.596. The lowest BCUT2D eigenvalue weighted by molar-refractivity contribution is -0.123. The third-order valence-electron chi connectivity index (χ3n) is 6.57. The Morgan fingerprint density at radius 2 is 1.75 bits per heavy atom. The zero-order valence-corrected chi connectivity index (χ0v) is 19.1. The smallest absolute Gasteiger partial charge is 0.238 e. The molecule has 2 amide bonds. The SMILES string of the molecule is O=C(CSc1nc2ccc(N3C(=O)[C@@H]4[C@H](C3=O)[C@H]3C=C[C@H]4C3)cc2s1)c1ccc(Cl)cc1. The molecule has 4 atom stereocenters. The van der Waals surface area contributed by atoms with E-state index in [9.17, 15) is 14.4 Å². The normalized spacial score (nSPS) is 25.8. The number of amides is 2. The number of carbonyl (C=O) groups is 3. The van der Waals surface area contributed by atoms with Crippen LogP contribution < -0.4 is 4.90 Å². The zero-order valence-electron chi connectivity index (χ0n) is 16.7. The molecule has 1 saturated heterocycles. The molecule has 0 spiro atoms. The van der Waals surface area contributed by atoms with Gasteiger partial charge < -0.3 is 0 Å². The van der Waals surface area contributed by atoms with E-state index < -0.39 is 0 Å². The summed E-state index contributed by atoms with van der Waals surface area (Å²) in [6.07, 6.45) is 5.12. The van der Waals surface area contributed by atoms with Crippen LogP contribution in [0.25, 0.3) is 10.2 Å². The molecule has 2 fully saturated rings. The van der Waals surface area contributed by atoms with Gasteiger partial charge >= 0.3 is 0 Å². The molecule has 0 radical (unpaired) electrons. The van der Waals surface area contributed by atoms with E-state index in [1.807, 2.05) is 12.1 Å². The topological polar surface area (TPSA) is 67.3 Å². The van der Waals surface area contributed by atoms with Crippen LogP contribution >= 0.6 is 34.7 Å². The van der Waals surface area contributed by atoms with Gasteiger partial charge in [-0.05, 0) is 60.7 Å². The largest absolute Gasteiger partial charge is 0.293 e. The highest BCUT2D eigenvalue weighted by Gasteiger charge is 2.59. The maximum atomic E-state index is 13.1. The summed E-state index contributed by atoms with van der Waals surface area (Å²) in [5.74, 6) is 0.0949. The second-order valence-electron chi connectivity index (χ2n) is 8.36. The number of thioether (sulfide) groups is 1. The Morgan fingerprint density at radius 3 is 2.44 bits per heavy atom. The number of hydrogen-bond acceptors (Lipinski definition) is 6. The van der Waals surface area contributed by atoms with Crippen molar-refractivity contribution in [3.05, 3.63) is 65.2 Å². The number of ketones is 1. The Bertz CT molecular complexity index is 1290. The third-order valence-corrected chi connectivity index (χ3v) is 8.99. The number of anilines is 1. The Kier molecular flexibility index (Phi) is 4.75. The van der Waals surface area contributed by atoms with Crippen LogP contribution in [0.1, 0.15) is 16.8 Å². The lowest BCUT2D eigenvalue weighted by Gasteiger charge is -2.17. The van der Waals surface area contributed by atoms with Gasteiger partial charge in [-0.25, -0.2) is 9.88 Å². The van der Waals surface area contributed by atoms with E-state index in [4.69, 9.17) is 11.6 Å². The summed E-state index contributed by atoms with van der Waals surface area (Å²) >= 11 is 8.73. The summed E-state index contributed by atoms with van der Waals surface area (Å²) in [4.78, 5) is 44.5. The number of allylic oxidation sites excluding steroid dienone is 2. The lowest BCUT2D eigenvalue weighted by atomic mass is 9.85. The van der Waals surface area contributed by atoms with Crippen molar-refractivity contribution >= 4 is 68.2 Å². The van der Waals surface area contributed by atoms with E-state index in [0.29, 0.717) is 16.3 Å². The predicted octanol–water partition coefficient (Wildman–Crippen LogP) is 5.24. The van der Waals surface area contributed by atoms with Crippen LogP contribution in [0, 0.1) is 23.7 Å². The second-order valence-corrected chi connectivity index (χ2v) is 11.1. The highest BCUT2D eigenvalue weighted by molar-refractivity contribution is 8.01. The number of aromatic nitrogens is 1. The molecule has 1 aliphatic heterocycles. The molecule has 5 nitrogen and oxygen atoms in total. The molecule has 1 aromatic heterocycles. The van der Waals surface area contributed by atoms with Gasteiger partial charge in [0.2, 0.25) is 11.8 Å². The number of thiazole rings is 1. The zero-order chi connectivity index (χ0) is 22.0. The first-order valence-electron chi connectivity index (χ1n) is 10.4. The number of imide groups is 1. The Hall–Kier alpha value is -2.48. The minimum Gasteiger partial charge on any atom is -0.293 e. The summed E-state index contributed by atoms with van der Waals surface area (Å²) in [7, 11) is 0. The molecule has 2 aromatic carbocycles. The van der Waals surface area contributed by atoms with Gasteiger partial charge in [-0.2, -0.15) is 0 Å². The molecular formula is C24H17ClN2O3S2. The van der Waals surface area contributed by atoms with E-state index in [1.54, 1.807) is 30.3 Å². The molecule has 1 saturated carbocycles. The minimum atomic E-state index is -0.209. The van der Waals surface area contributed by atoms with Crippen molar-refractivity contribution in [2.75, 3.05) is 10.7 Å². The molecule has 0 unspecified atom stereocenters. The fraction of sp³-hybridized carbons (Fsp3) is 0.250.